The van der Waals surface area contributed by atoms with E-state index in [9.17, 15) is 5.21 Å². The van der Waals surface area contributed by atoms with Gasteiger partial charge in [0, 0.05) is 24.4 Å². The van der Waals surface area contributed by atoms with E-state index in [1.165, 1.54) is 32.1 Å². The van der Waals surface area contributed by atoms with E-state index in [4.69, 9.17) is 4.74 Å². The van der Waals surface area contributed by atoms with E-state index in [2.05, 4.69) is 21.5 Å². The van der Waals surface area contributed by atoms with E-state index in [0.29, 0.717) is 17.6 Å². The summed E-state index contributed by atoms with van der Waals surface area (Å²) in [6.07, 6.45) is 8.02. The molecule has 5 nitrogen and oxygen atoms in total. The van der Waals surface area contributed by atoms with Crippen molar-refractivity contribution in [1.82, 2.24) is 10.5 Å². The molecule has 0 atom stereocenters. The number of aryl methyl sites for hydroxylation is 2. The summed E-state index contributed by atoms with van der Waals surface area (Å²) < 4.78 is 5.83. The Hall–Kier alpha value is -2.40. The molecule has 3 rings (SSSR count). The average Bonchev–Trinajstić information content (AvgIpc) is 2.63. The number of aliphatic imine (C=N–C) groups is 1. The summed E-state index contributed by atoms with van der Waals surface area (Å²) >= 11 is 0. The Morgan fingerprint density at radius 2 is 1.88 bits per heavy atom. The molecule has 1 fully saturated rings. The smallest absolute Gasteiger partial charge is 0.219 e. The number of aromatic nitrogens is 1. The van der Waals surface area contributed by atoms with Crippen LogP contribution in [0.4, 0.5) is 0 Å². The fraction of sp³-hybridized carbons (Fsp3) is 0.429. The Balaban J connectivity index is 1.66. The molecule has 0 unspecified atom stereocenters. The molecular formula is C21H27N3O2. The molecule has 5 heteroatoms. The first kappa shape index (κ1) is 18.4. The average molecular weight is 353 g/mol. The van der Waals surface area contributed by atoms with Crippen LogP contribution in [0, 0.1) is 19.8 Å². The molecular weight excluding hydrogens is 326 g/mol. The Bertz CT molecular complexity index is 730. The summed E-state index contributed by atoms with van der Waals surface area (Å²) in [6.45, 7) is 4.82. The molecule has 0 aliphatic heterocycles. The molecule has 0 saturated heterocycles. The molecule has 138 valence electrons. The van der Waals surface area contributed by atoms with Crippen molar-refractivity contribution in [3.05, 3.63) is 53.2 Å². The summed E-state index contributed by atoms with van der Waals surface area (Å²) in [5.41, 5.74) is 5.26. The highest BCUT2D eigenvalue weighted by Gasteiger charge is 2.13. The van der Waals surface area contributed by atoms with Crippen LogP contribution < -0.4 is 10.2 Å². The second-order valence-electron chi connectivity index (χ2n) is 7.12. The van der Waals surface area contributed by atoms with Crippen molar-refractivity contribution in [2.45, 2.75) is 46.0 Å². The SMILES string of the molecule is Cc1cc(C)cc(Oc2ccc(C(=NCC3CCCCC3)NO)cn2)c1. The van der Waals surface area contributed by atoms with Gasteiger partial charge in [0.1, 0.15) is 5.75 Å². The number of pyridine rings is 1. The quantitative estimate of drug-likeness (QED) is 0.460. The van der Waals surface area contributed by atoms with Crippen LogP contribution in [0.5, 0.6) is 11.6 Å². The van der Waals surface area contributed by atoms with Crippen LogP contribution in [0.15, 0.2) is 41.5 Å². The first-order chi connectivity index (χ1) is 12.6. The molecule has 1 saturated carbocycles. The molecule has 0 amide bonds. The van der Waals surface area contributed by atoms with Crippen LogP contribution >= 0.6 is 0 Å². The van der Waals surface area contributed by atoms with Crippen molar-refractivity contribution < 1.29 is 9.94 Å². The van der Waals surface area contributed by atoms with Crippen molar-refractivity contribution in [3.8, 4) is 11.6 Å². The predicted octanol–water partition coefficient (Wildman–Crippen LogP) is 4.80. The molecule has 0 radical (unpaired) electrons. The minimum Gasteiger partial charge on any atom is -0.439 e. The van der Waals surface area contributed by atoms with E-state index in [0.717, 1.165) is 29.0 Å². The van der Waals surface area contributed by atoms with Gasteiger partial charge in [-0.2, -0.15) is 0 Å². The highest BCUT2D eigenvalue weighted by Crippen LogP contribution is 2.24. The number of rotatable bonds is 5. The van der Waals surface area contributed by atoms with Gasteiger partial charge in [-0.25, -0.2) is 4.98 Å². The largest absolute Gasteiger partial charge is 0.439 e. The van der Waals surface area contributed by atoms with Crippen molar-refractivity contribution in [1.29, 1.82) is 0 Å². The Morgan fingerprint density at radius 1 is 1.15 bits per heavy atom. The van der Waals surface area contributed by atoms with E-state index in [1.54, 1.807) is 12.3 Å². The lowest BCUT2D eigenvalue weighted by Gasteiger charge is -2.19. The number of hydroxylamine groups is 1. The Labute approximate surface area is 155 Å². The minimum absolute atomic E-state index is 0.459. The lowest BCUT2D eigenvalue weighted by molar-refractivity contribution is 0.234. The van der Waals surface area contributed by atoms with Gasteiger partial charge >= 0.3 is 0 Å². The van der Waals surface area contributed by atoms with Gasteiger partial charge in [0.25, 0.3) is 0 Å². The van der Waals surface area contributed by atoms with Crippen LogP contribution in [-0.4, -0.2) is 22.6 Å². The Kier molecular flexibility index (Phi) is 6.23. The molecule has 26 heavy (non-hydrogen) atoms. The van der Waals surface area contributed by atoms with Crippen LogP contribution in [0.25, 0.3) is 0 Å². The molecule has 2 N–H and O–H groups in total. The second-order valence-corrected chi connectivity index (χ2v) is 7.12. The number of benzene rings is 1. The number of ether oxygens (including phenoxy) is 1. The fourth-order valence-electron chi connectivity index (χ4n) is 3.47. The number of nitrogens with one attached hydrogen (secondary N) is 1. The minimum atomic E-state index is 0.459. The van der Waals surface area contributed by atoms with Gasteiger partial charge in [0.2, 0.25) is 5.88 Å². The highest BCUT2D eigenvalue weighted by molar-refractivity contribution is 5.97. The maximum atomic E-state index is 9.43. The third-order valence-corrected chi connectivity index (χ3v) is 4.77. The number of nitrogens with zero attached hydrogens (tertiary/aromatic N) is 2. The maximum absolute atomic E-state index is 9.43. The summed E-state index contributed by atoms with van der Waals surface area (Å²) in [6, 6.07) is 9.71. The van der Waals surface area contributed by atoms with Crippen LogP contribution in [0.3, 0.4) is 0 Å². The van der Waals surface area contributed by atoms with Crippen molar-refractivity contribution in [2.24, 2.45) is 10.9 Å². The zero-order chi connectivity index (χ0) is 18.4. The first-order valence-electron chi connectivity index (χ1n) is 9.31. The molecule has 0 bridgehead atoms. The zero-order valence-corrected chi connectivity index (χ0v) is 15.5. The summed E-state index contributed by atoms with van der Waals surface area (Å²) in [4.78, 5) is 8.89. The number of hydrogen-bond donors (Lipinski definition) is 2. The van der Waals surface area contributed by atoms with Crippen LogP contribution in [0.2, 0.25) is 0 Å². The molecule has 0 spiro atoms. The van der Waals surface area contributed by atoms with Gasteiger partial charge in [-0.3, -0.25) is 15.7 Å². The van der Waals surface area contributed by atoms with Crippen molar-refractivity contribution in [2.75, 3.05) is 6.54 Å². The molecule has 1 aliphatic rings. The lowest BCUT2D eigenvalue weighted by atomic mass is 9.89. The molecule has 1 aromatic carbocycles. The van der Waals surface area contributed by atoms with Gasteiger partial charge in [-0.1, -0.05) is 25.3 Å². The molecule has 1 aromatic heterocycles. The topological polar surface area (TPSA) is 66.7 Å². The number of amidine groups is 1. The summed E-state index contributed by atoms with van der Waals surface area (Å²) in [5.74, 6) is 2.37. The number of hydrogen-bond acceptors (Lipinski definition) is 4. The molecule has 1 aliphatic carbocycles. The molecule has 1 heterocycles. The standard InChI is InChI=1S/C21H27N3O2/c1-15-10-16(2)12-19(11-15)26-20-9-8-18(14-22-20)21(24-25)23-13-17-6-4-3-5-7-17/h8-12,14,17,25H,3-7,13H2,1-2H3,(H,23,24). The fourth-order valence-corrected chi connectivity index (χ4v) is 3.47. The van der Waals surface area contributed by atoms with Gasteiger partial charge in [-0.15, -0.1) is 0 Å². The van der Waals surface area contributed by atoms with Gasteiger partial charge < -0.3 is 4.74 Å². The van der Waals surface area contributed by atoms with Gasteiger partial charge in [0.05, 0.1) is 0 Å². The van der Waals surface area contributed by atoms with Crippen LogP contribution in [-0.2, 0) is 0 Å². The van der Waals surface area contributed by atoms with Crippen molar-refractivity contribution >= 4 is 5.84 Å². The Morgan fingerprint density at radius 3 is 2.50 bits per heavy atom. The first-order valence-corrected chi connectivity index (χ1v) is 9.31. The maximum Gasteiger partial charge on any atom is 0.219 e. The van der Waals surface area contributed by atoms with Gasteiger partial charge in [0.15, 0.2) is 5.84 Å². The van der Waals surface area contributed by atoms with Crippen LogP contribution in [0.1, 0.15) is 48.8 Å². The monoisotopic (exact) mass is 353 g/mol. The second kappa shape index (κ2) is 8.81. The van der Waals surface area contributed by atoms with E-state index in [-0.39, 0.29) is 0 Å². The third-order valence-electron chi connectivity index (χ3n) is 4.77. The van der Waals surface area contributed by atoms with E-state index >= 15 is 0 Å². The van der Waals surface area contributed by atoms with E-state index < -0.39 is 0 Å². The summed E-state index contributed by atoms with van der Waals surface area (Å²) in [5, 5.41) is 9.43. The predicted molar refractivity (Wildman–Crippen MR) is 103 cm³/mol. The van der Waals surface area contributed by atoms with Gasteiger partial charge in [-0.05, 0) is 61.9 Å². The summed E-state index contributed by atoms with van der Waals surface area (Å²) in [7, 11) is 0. The zero-order valence-electron chi connectivity index (χ0n) is 15.5. The lowest BCUT2D eigenvalue weighted by Crippen LogP contribution is -2.22. The van der Waals surface area contributed by atoms with Crippen molar-refractivity contribution in [3.63, 3.8) is 0 Å². The van der Waals surface area contributed by atoms with E-state index in [1.807, 2.05) is 32.0 Å². The highest BCUT2D eigenvalue weighted by atomic mass is 16.5. The molecule has 2 aromatic rings. The third kappa shape index (κ3) is 5.05. The normalized spacial score (nSPS) is 15.7.